The summed E-state index contributed by atoms with van der Waals surface area (Å²) >= 11 is 0. The first-order valence-corrected chi connectivity index (χ1v) is 9.96. The number of rotatable bonds is 5. The number of hydrogen-bond acceptors (Lipinski definition) is 3. The third-order valence-electron chi connectivity index (χ3n) is 6.41. The van der Waals surface area contributed by atoms with Crippen LogP contribution in [0.1, 0.15) is 71.6 Å². The van der Waals surface area contributed by atoms with E-state index in [9.17, 15) is 4.79 Å². The largest absolute Gasteiger partial charge is 0.341 e. The maximum atomic E-state index is 13.3. The first-order chi connectivity index (χ1) is 11.1. The van der Waals surface area contributed by atoms with Crippen LogP contribution in [0.5, 0.6) is 0 Å². The van der Waals surface area contributed by atoms with E-state index < -0.39 is 0 Å². The van der Waals surface area contributed by atoms with Crippen molar-refractivity contribution in [1.29, 1.82) is 0 Å². The van der Waals surface area contributed by atoms with Crippen molar-refractivity contribution in [2.75, 3.05) is 26.2 Å². The van der Waals surface area contributed by atoms with Crippen LogP contribution >= 0.6 is 0 Å². The van der Waals surface area contributed by atoms with Crippen LogP contribution in [0.25, 0.3) is 0 Å². The van der Waals surface area contributed by atoms with Crippen LogP contribution in [0.3, 0.4) is 0 Å². The highest BCUT2D eigenvalue weighted by molar-refractivity contribution is 5.87. The first kappa shape index (κ1) is 17.2. The molecule has 1 aliphatic carbocycles. The second-order valence-corrected chi connectivity index (χ2v) is 8.01. The molecule has 1 unspecified atom stereocenters. The van der Waals surface area contributed by atoms with Crippen LogP contribution in [0, 0.1) is 0 Å². The second-order valence-electron chi connectivity index (χ2n) is 8.01. The normalized spacial score (nSPS) is 27.5. The van der Waals surface area contributed by atoms with E-state index in [4.69, 9.17) is 0 Å². The highest BCUT2D eigenvalue weighted by Gasteiger charge is 2.44. The number of carbonyl (C=O) groups excluding carboxylic acids is 1. The summed E-state index contributed by atoms with van der Waals surface area (Å²) in [6.07, 6.45) is 10.6. The average molecular weight is 322 g/mol. The molecule has 0 spiro atoms. The summed E-state index contributed by atoms with van der Waals surface area (Å²) in [6, 6.07) is 1.16. The lowest BCUT2D eigenvalue weighted by Gasteiger charge is -2.42. The molecule has 2 saturated heterocycles. The molecule has 1 atom stereocenters. The maximum Gasteiger partial charge on any atom is 0.242 e. The highest BCUT2D eigenvalue weighted by atomic mass is 16.2. The lowest BCUT2D eigenvalue weighted by molar-refractivity contribution is -0.140. The Bertz CT molecular complexity index is 391. The molecule has 1 N–H and O–H groups in total. The van der Waals surface area contributed by atoms with Gasteiger partial charge in [0.25, 0.3) is 0 Å². The minimum atomic E-state index is -0.254. The van der Waals surface area contributed by atoms with Gasteiger partial charge >= 0.3 is 0 Å². The summed E-state index contributed by atoms with van der Waals surface area (Å²) in [5, 5.41) is 3.70. The minimum absolute atomic E-state index is 0.254. The molecule has 2 aliphatic heterocycles. The zero-order valence-electron chi connectivity index (χ0n) is 15.1. The predicted molar refractivity (Wildman–Crippen MR) is 94.5 cm³/mol. The van der Waals surface area contributed by atoms with E-state index in [-0.39, 0.29) is 5.54 Å². The summed E-state index contributed by atoms with van der Waals surface area (Å²) < 4.78 is 0. The van der Waals surface area contributed by atoms with Crippen LogP contribution < -0.4 is 5.32 Å². The third kappa shape index (κ3) is 3.74. The number of piperidine rings is 1. The van der Waals surface area contributed by atoms with Gasteiger partial charge in [-0.1, -0.05) is 19.8 Å². The molecule has 4 heteroatoms. The monoisotopic (exact) mass is 321 g/mol. The second kappa shape index (κ2) is 7.52. The van der Waals surface area contributed by atoms with Crippen LogP contribution in [0.4, 0.5) is 0 Å². The van der Waals surface area contributed by atoms with Gasteiger partial charge in [-0.3, -0.25) is 4.79 Å². The quantitative estimate of drug-likeness (QED) is 0.846. The Morgan fingerprint density at radius 3 is 2.26 bits per heavy atom. The van der Waals surface area contributed by atoms with Crippen molar-refractivity contribution < 1.29 is 4.79 Å². The molecule has 3 aliphatic rings. The molecular weight excluding hydrogens is 286 g/mol. The molecule has 132 valence electrons. The molecule has 0 bridgehead atoms. The Morgan fingerprint density at radius 1 is 1.09 bits per heavy atom. The summed E-state index contributed by atoms with van der Waals surface area (Å²) in [4.78, 5) is 18.1. The van der Waals surface area contributed by atoms with Crippen LogP contribution in [-0.2, 0) is 4.79 Å². The summed E-state index contributed by atoms with van der Waals surface area (Å²) in [5.41, 5.74) is -0.254. The van der Waals surface area contributed by atoms with Crippen LogP contribution in [0.15, 0.2) is 0 Å². The van der Waals surface area contributed by atoms with Gasteiger partial charge in [0.2, 0.25) is 5.91 Å². The van der Waals surface area contributed by atoms with Gasteiger partial charge < -0.3 is 15.1 Å². The zero-order chi connectivity index (χ0) is 16.3. The fourth-order valence-corrected chi connectivity index (χ4v) is 4.82. The lowest BCUT2D eigenvalue weighted by Crippen LogP contribution is -2.60. The van der Waals surface area contributed by atoms with Crippen molar-refractivity contribution in [3.63, 3.8) is 0 Å². The van der Waals surface area contributed by atoms with E-state index in [1.807, 2.05) is 0 Å². The van der Waals surface area contributed by atoms with Gasteiger partial charge in [-0.15, -0.1) is 0 Å². The Kier molecular flexibility index (Phi) is 5.63. The van der Waals surface area contributed by atoms with Gasteiger partial charge in [0.05, 0.1) is 5.54 Å². The van der Waals surface area contributed by atoms with Gasteiger partial charge in [0.15, 0.2) is 0 Å². The van der Waals surface area contributed by atoms with E-state index in [2.05, 4.69) is 29.0 Å². The van der Waals surface area contributed by atoms with Crippen molar-refractivity contribution >= 4 is 5.91 Å². The van der Waals surface area contributed by atoms with E-state index >= 15 is 0 Å². The van der Waals surface area contributed by atoms with Gasteiger partial charge in [-0.2, -0.15) is 0 Å². The standard InChI is InChI=1S/C19H35N3O/c1-3-16(2)20-19(10-4-5-11-19)18(23)22-14-8-17(9-15-22)21-12-6-7-13-21/h16-17,20H,3-15H2,1-2H3. The molecule has 0 aromatic carbocycles. The Morgan fingerprint density at radius 2 is 1.70 bits per heavy atom. The summed E-state index contributed by atoms with van der Waals surface area (Å²) in [7, 11) is 0. The fourth-order valence-electron chi connectivity index (χ4n) is 4.82. The van der Waals surface area contributed by atoms with Crippen LogP contribution in [0.2, 0.25) is 0 Å². The van der Waals surface area contributed by atoms with E-state index in [1.165, 1.54) is 51.6 Å². The molecule has 23 heavy (non-hydrogen) atoms. The van der Waals surface area contributed by atoms with E-state index in [0.29, 0.717) is 11.9 Å². The number of nitrogens with one attached hydrogen (secondary N) is 1. The van der Waals surface area contributed by atoms with Gasteiger partial charge in [0.1, 0.15) is 0 Å². The topological polar surface area (TPSA) is 35.6 Å². The van der Waals surface area contributed by atoms with Gasteiger partial charge in [0, 0.05) is 25.2 Å². The third-order valence-corrected chi connectivity index (χ3v) is 6.41. The Labute approximate surface area is 142 Å². The van der Waals surface area contributed by atoms with Gasteiger partial charge in [-0.05, 0) is 65.0 Å². The number of amides is 1. The molecule has 2 heterocycles. The maximum absolute atomic E-state index is 13.3. The number of nitrogens with zero attached hydrogens (tertiary/aromatic N) is 2. The SMILES string of the molecule is CCC(C)NC1(C(=O)N2CCC(N3CCCC3)CC2)CCCC1. The Balaban J connectivity index is 1.58. The highest BCUT2D eigenvalue weighted by Crippen LogP contribution is 2.33. The summed E-state index contributed by atoms with van der Waals surface area (Å²) in [5.74, 6) is 0.398. The van der Waals surface area contributed by atoms with Crippen molar-refractivity contribution in [2.45, 2.75) is 89.3 Å². The summed E-state index contributed by atoms with van der Waals surface area (Å²) in [6.45, 7) is 8.89. The number of hydrogen-bond donors (Lipinski definition) is 1. The fraction of sp³-hybridized carbons (Fsp3) is 0.947. The molecule has 0 radical (unpaired) electrons. The van der Waals surface area contributed by atoms with Gasteiger partial charge in [-0.25, -0.2) is 0 Å². The number of likely N-dealkylation sites (tertiary alicyclic amines) is 2. The Hall–Kier alpha value is -0.610. The molecule has 1 amide bonds. The molecule has 1 saturated carbocycles. The van der Waals surface area contributed by atoms with E-state index in [1.54, 1.807) is 0 Å². The molecule has 0 aromatic heterocycles. The van der Waals surface area contributed by atoms with Crippen molar-refractivity contribution in [1.82, 2.24) is 15.1 Å². The van der Waals surface area contributed by atoms with Crippen molar-refractivity contribution in [3.8, 4) is 0 Å². The molecule has 4 nitrogen and oxygen atoms in total. The zero-order valence-corrected chi connectivity index (χ0v) is 15.1. The minimum Gasteiger partial charge on any atom is -0.341 e. The molecule has 3 fully saturated rings. The predicted octanol–water partition coefficient (Wildman–Crippen LogP) is 2.77. The van der Waals surface area contributed by atoms with Crippen molar-refractivity contribution in [3.05, 3.63) is 0 Å². The van der Waals surface area contributed by atoms with Crippen molar-refractivity contribution in [2.24, 2.45) is 0 Å². The first-order valence-electron chi connectivity index (χ1n) is 9.96. The molecule has 3 rings (SSSR count). The average Bonchev–Trinajstić information content (AvgIpc) is 3.26. The molecule has 0 aromatic rings. The van der Waals surface area contributed by atoms with E-state index in [0.717, 1.165) is 38.4 Å². The lowest BCUT2D eigenvalue weighted by atomic mass is 9.92. The smallest absolute Gasteiger partial charge is 0.242 e. The molecular formula is C19H35N3O. The van der Waals surface area contributed by atoms with Crippen LogP contribution in [-0.4, -0.2) is 59.5 Å². The number of carbonyl (C=O) groups is 1.